The molecule has 0 aromatic heterocycles. The van der Waals surface area contributed by atoms with Gasteiger partial charge >= 0.3 is 0 Å². The van der Waals surface area contributed by atoms with Crippen LogP contribution in [0, 0.1) is 0 Å². The average molecular weight is 348 g/mol. The summed E-state index contributed by atoms with van der Waals surface area (Å²) in [5, 5.41) is 0. The number of hydrogen-bond acceptors (Lipinski definition) is 3. The molecule has 1 aromatic rings. The van der Waals surface area contributed by atoms with Gasteiger partial charge in [0.05, 0.1) is 0 Å². The second kappa shape index (κ2) is 10.9. The van der Waals surface area contributed by atoms with Gasteiger partial charge < -0.3 is 14.7 Å². The third-order valence-corrected chi connectivity index (χ3v) is 4.21. The van der Waals surface area contributed by atoms with E-state index in [9.17, 15) is 9.59 Å². The van der Waals surface area contributed by atoms with E-state index in [0.717, 1.165) is 18.5 Å². The predicted molar refractivity (Wildman–Crippen MR) is 102 cm³/mol. The zero-order chi connectivity index (χ0) is 18.8. The SMILES string of the molecule is CC(=O)N(CCCN(C)C)CCC(=O)N(Cc1ccccc1)C(C)C. The van der Waals surface area contributed by atoms with Crippen molar-refractivity contribution in [2.45, 2.75) is 46.2 Å². The second-order valence-corrected chi connectivity index (χ2v) is 7.01. The molecule has 0 atom stereocenters. The van der Waals surface area contributed by atoms with Gasteiger partial charge in [0.1, 0.15) is 0 Å². The van der Waals surface area contributed by atoms with E-state index < -0.39 is 0 Å². The fourth-order valence-corrected chi connectivity index (χ4v) is 2.72. The van der Waals surface area contributed by atoms with Crippen LogP contribution in [-0.2, 0) is 16.1 Å². The van der Waals surface area contributed by atoms with Gasteiger partial charge in [0.2, 0.25) is 11.8 Å². The van der Waals surface area contributed by atoms with Gasteiger partial charge in [-0.2, -0.15) is 0 Å². The fraction of sp³-hybridized carbons (Fsp3) is 0.600. The van der Waals surface area contributed by atoms with E-state index in [-0.39, 0.29) is 17.9 Å². The summed E-state index contributed by atoms with van der Waals surface area (Å²) in [4.78, 5) is 30.3. The molecule has 0 fully saturated rings. The van der Waals surface area contributed by atoms with Gasteiger partial charge in [-0.05, 0) is 46.5 Å². The van der Waals surface area contributed by atoms with E-state index in [2.05, 4.69) is 4.90 Å². The summed E-state index contributed by atoms with van der Waals surface area (Å²) in [6, 6.07) is 10.1. The Kier molecular flexibility index (Phi) is 9.21. The van der Waals surface area contributed by atoms with Crippen molar-refractivity contribution in [2.24, 2.45) is 0 Å². The molecule has 0 aliphatic carbocycles. The van der Waals surface area contributed by atoms with E-state index in [1.54, 1.807) is 11.8 Å². The largest absolute Gasteiger partial charge is 0.342 e. The third-order valence-electron chi connectivity index (χ3n) is 4.21. The summed E-state index contributed by atoms with van der Waals surface area (Å²) in [6.45, 7) is 8.36. The first-order valence-corrected chi connectivity index (χ1v) is 9.05. The zero-order valence-corrected chi connectivity index (χ0v) is 16.4. The lowest BCUT2D eigenvalue weighted by molar-refractivity contribution is -0.135. The third kappa shape index (κ3) is 8.16. The highest BCUT2D eigenvalue weighted by molar-refractivity contribution is 5.78. The van der Waals surface area contributed by atoms with Crippen LogP contribution in [0.1, 0.15) is 39.2 Å². The highest BCUT2D eigenvalue weighted by Gasteiger charge is 2.19. The van der Waals surface area contributed by atoms with E-state index in [0.29, 0.717) is 26.1 Å². The smallest absolute Gasteiger partial charge is 0.224 e. The Morgan fingerprint density at radius 2 is 1.64 bits per heavy atom. The number of carbonyl (C=O) groups is 2. The monoisotopic (exact) mass is 347 g/mol. The normalized spacial score (nSPS) is 11.0. The molecule has 0 bridgehead atoms. The van der Waals surface area contributed by atoms with Gasteiger partial charge in [-0.25, -0.2) is 0 Å². The molecule has 0 aliphatic heterocycles. The molecule has 0 heterocycles. The standard InChI is InChI=1S/C20H33N3O2/c1-17(2)23(16-19-10-7-6-8-11-19)20(25)12-15-22(18(3)24)14-9-13-21(4)5/h6-8,10-11,17H,9,12-16H2,1-5H3. The molecule has 0 radical (unpaired) electrons. The predicted octanol–water partition coefficient (Wildman–Crippen LogP) is 2.61. The number of benzene rings is 1. The van der Waals surface area contributed by atoms with Crippen LogP contribution in [0.3, 0.4) is 0 Å². The van der Waals surface area contributed by atoms with Crippen molar-refractivity contribution >= 4 is 11.8 Å². The van der Waals surface area contributed by atoms with Crippen molar-refractivity contribution < 1.29 is 9.59 Å². The minimum absolute atomic E-state index is 0.0331. The number of carbonyl (C=O) groups excluding carboxylic acids is 2. The van der Waals surface area contributed by atoms with Gasteiger partial charge in [0.15, 0.2) is 0 Å². The Hall–Kier alpha value is -1.88. The number of amides is 2. The first kappa shape index (κ1) is 21.2. The van der Waals surface area contributed by atoms with Crippen LogP contribution in [0.25, 0.3) is 0 Å². The van der Waals surface area contributed by atoms with Gasteiger partial charge in [-0.1, -0.05) is 30.3 Å². The van der Waals surface area contributed by atoms with Crippen molar-refractivity contribution in [3.05, 3.63) is 35.9 Å². The van der Waals surface area contributed by atoms with Crippen molar-refractivity contribution in [1.29, 1.82) is 0 Å². The second-order valence-electron chi connectivity index (χ2n) is 7.01. The molecule has 5 nitrogen and oxygen atoms in total. The van der Waals surface area contributed by atoms with Crippen molar-refractivity contribution in [3.63, 3.8) is 0 Å². The topological polar surface area (TPSA) is 43.9 Å². The Morgan fingerprint density at radius 1 is 1.00 bits per heavy atom. The van der Waals surface area contributed by atoms with E-state index >= 15 is 0 Å². The molecule has 2 amide bonds. The Bertz CT molecular complexity index is 529. The summed E-state index contributed by atoms with van der Waals surface area (Å²) < 4.78 is 0. The lowest BCUT2D eigenvalue weighted by Crippen LogP contribution is -2.40. The summed E-state index contributed by atoms with van der Waals surface area (Å²) in [6.07, 6.45) is 1.28. The van der Waals surface area contributed by atoms with Gasteiger partial charge in [-0.3, -0.25) is 9.59 Å². The minimum Gasteiger partial charge on any atom is -0.342 e. The maximum atomic E-state index is 12.7. The molecule has 0 spiro atoms. The highest BCUT2D eigenvalue weighted by atomic mass is 16.2. The average Bonchev–Trinajstić information content (AvgIpc) is 2.55. The Morgan fingerprint density at radius 3 is 2.16 bits per heavy atom. The van der Waals surface area contributed by atoms with Crippen LogP contribution in [-0.4, -0.2) is 66.3 Å². The van der Waals surface area contributed by atoms with Crippen LogP contribution in [0.15, 0.2) is 30.3 Å². The van der Waals surface area contributed by atoms with Crippen molar-refractivity contribution in [2.75, 3.05) is 33.7 Å². The summed E-state index contributed by atoms with van der Waals surface area (Å²) in [5.41, 5.74) is 1.12. The first-order valence-electron chi connectivity index (χ1n) is 9.05. The molecule has 0 N–H and O–H groups in total. The molecule has 0 saturated heterocycles. The van der Waals surface area contributed by atoms with Crippen LogP contribution >= 0.6 is 0 Å². The van der Waals surface area contributed by atoms with Crippen molar-refractivity contribution in [1.82, 2.24) is 14.7 Å². The quantitative estimate of drug-likeness (QED) is 0.653. The summed E-state index contributed by atoms with van der Waals surface area (Å²) >= 11 is 0. The molecule has 140 valence electrons. The first-order chi connectivity index (χ1) is 11.8. The highest BCUT2D eigenvalue weighted by Crippen LogP contribution is 2.10. The van der Waals surface area contributed by atoms with E-state index in [1.165, 1.54) is 0 Å². The van der Waals surface area contributed by atoms with Crippen LogP contribution in [0.4, 0.5) is 0 Å². The maximum Gasteiger partial charge on any atom is 0.224 e. The molecule has 25 heavy (non-hydrogen) atoms. The van der Waals surface area contributed by atoms with E-state index in [1.807, 2.05) is 63.2 Å². The zero-order valence-electron chi connectivity index (χ0n) is 16.4. The molecular weight excluding hydrogens is 314 g/mol. The fourth-order valence-electron chi connectivity index (χ4n) is 2.72. The number of nitrogens with zero attached hydrogens (tertiary/aromatic N) is 3. The number of hydrogen-bond donors (Lipinski definition) is 0. The minimum atomic E-state index is 0.0331. The lowest BCUT2D eigenvalue weighted by Gasteiger charge is -2.29. The van der Waals surface area contributed by atoms with Crippen LogP contribution in [0.5, 0.6) is 0 Å². The Balaban J connectivity index is 2.58. The van der Waals surface area contributed by atoms with Gasteiger partial charge in [0, 0.05) is 39.0 Å². The van der Waals surface area contributed by atoms with Crippen molar-refractivity contribution in [3.8, 4) is 0 Å². The maximum absolute atomic E-state index is 12.7. The lowest BCUT2D eigenvalue weighted by atomic mass is 10.1. The Labute approximate surface area is 152 Å². The molecule has 5 heteroatoms. The molecule has 1 aromatic carbocycles. The summed E-state index contributed by atoms with van der Waals surface area (Å²) in [5.74, 6) is 0.128. The molecule has 1 rings (SSSR count). The molecule has 0 unspecified atom stereocenters. The van der Waals surface area contributed by atoms with Crippen LogP contribution in [0.2, 0.25) is 0 Å². The molecule has 0 aliphatic rings. The number of rotatable bonds is 10. The van der Waals surface area contributed by atoms with Crippen LogP contribution < -0.4 is 0 Å². The molecular formula is C20H33N3O2. The molecule has 0 saturated carbocycles. The van der Waals surface area contributed by atoms with E-state index in [4.69, 9.17) is 0 Å². The van der Waals surface area contributed by atoms with Gasteiger partial charge in [-0.15, -0.1) is 0 Å². The summed E-state index contributed by atoms with van der Waals surface area (Å²) in [7, 11) is 4.04. The van der Waals surface area contributed by atoms with Gasteiger partial charge in [0.25, 0.3) is 0 Å².